The molecule has 22 heavy (non-hydrogen) atoms. The van der Waals surface area contributed by atoms with Gasteiger partial charge in [-0.25, -0.2) is 5.43 Å². The first-order chi connectivity index (χ1) is 10.6. The molecule has 0 saturated carbocycles. The Morgan fingerprint density at radius 3 is 2.41 bits per heavy atom. The molecule has 0 aromatic heterocycles. The number of carbonyl (C=O) groups is 2. The van der Waals surface area contributed by atoms with Crippen molar-refractivity contribution < 1.29 is 14.3 Å². The van der Waals surface area contributed by atoms with Crippen LogP contribution in [0.4, 0.5) is 5.69 Å². The maximum Gasteiger partial charge on any atom is 0.329 e. The highest BCUT2D eigenvalue weighted by atomic mass is 16.5. The lowest BCUT2D eigenvalue weighted by molar-refractivity contribution is -0.136. The van der Waals surface area contributed by atoms with E-state index in [2.05, 4.69) is 22.8 Å². The number of ether oxygens (including phenoxy) is 1. The smallest absolute Gasteiger partial charge is 0.329 e. The van der Waals surface area contributed by atoms with Crippen molar-refractivity contribution in [1.82, 2.24) is 5.43 Å². The van der Waals surface area contributed by atoms with E-state index in [4.69, 9.17) is 4.74 Å². The van der Waals surface area contributed by atoms with Gasteiger partial charge in [-0.2, -0.15) is 5.10 Å². The fourth-order valence-corrected chi connectivity index (χ4v) is 1.67. The fraction of sp³-hybridized carbons (Fsp3) is 0.438. The van der Waals surface area contributed by atoms with Crippen molar-refractivity contribution in [3.05, 3.63) is 24.3 Å². The number of amides is 2. The Kier molecular flexibility index (Phi) is 7.67. The number of hydrogen-bond acceptors (Lipinski definition) is 4. The maximum absolute atomic E-state index is 11.7. The van der Waals surface area contributed by atoms with Crippen LogP contribution in [0.25, 0.3) is 0 Å². The van der Waals surface area contributed by atoms with Gasteiger partial charge in [0.05, 0.1) is 6.61 Å². The summed E-state index contributed by atoms with van der Waals surface area (Å²) in [4.78, 5) is 23.4. The van der Waals surface area contributed by atoms with Crippen molar-refractivity contribution >= 4 is 23.2 Å². The summed E-state index contributed by atoms with van der Waals surface area (Å²) in [7, 11) is 0. The van der Waals surface area contributed by atoms with E-state index >= 15 is 0 Å². The summed E-state index contributed by atoms with van der Waals surface area (Å²) < 4.78 is 5.30. The minimum Gasteiger partial charge on any atom is -0.494 e. The molecular weight excluding hydrogens is 282 g/mol. The summed E-state index contributed by atoms with van der Waals surface area (Å²) in [6, 6.07) is 6.80. The maximum atomic E-state index is 11.7. The first kappa shape index (κ1) is 17.7. The van der Waals surface area contributed by atoms with Gasteiger partial charge in [0.15, 0.2) is 0 Å². The van der Waals surface area contributed by atoms with Gasteiger partial charge < -0.3 is 10.1 Å². The predicted molar refractivity (Wildman–Crippen MR) is 87.0 cm³/mol. The van der Waals surface area contributed by atoms with Crippen LogP contribution >= 0.6 is 0 Å². The molecule has 2 N–H and O–H groups in total. The van der Waals surface area contributed by atoms with Gasteiger partial charge >= 0.3 is 11.8 Å². The first-order valence-corrected chi connectivity index (χ1v) is 7.44. The molecule has 0 spiro atoms. The zero-order valence-corrected chi connectivity index (χ0v) is 13.3. The predicted octanol–water partition coefficient (Wildman–Crippen LogP) is 2.71. The molecule has 0 heterocycles. The summed E-state index contributed by atoms with van der Waals surface area (Å²) in [5.41, 5.74) is 3.57. The monoisotopic (exact) mass is 305 g/mol. The summed E-state index contributed by atoms with van der Waals surface area (Å²) in [5, 5.41) is 6.40. The van der Waals surface area contributed by atoms with Crippen LogP contribution in [0, 0.1) is 0 Å². The van der Waals surface area contributed by atoms with Gasteiger partial charge in [0.25, 0.3) is 0 Å². The number of hydrazone groups is 1. The number of nitrogens with zero attached hydrogens (tertiary/aromatic N) is 1. The highest BCUT2D eigenvalue weighted by Gasteiger charge is 2.13. The number of rotatable bonds is 7. The van der Waals surface area contributed by atoms with Gasteiger partial charge in [0, 0.05) is 11.4 Å². The first-order valence-electron chi connectivity index (χ1n) is 7.44. The topological polar surface area (TPSA) is 79.8 Å². The average molecular weight is 305 g/mol. The van der Waals surface area contributed by atoms with E-state index in [9.17, 15) is 9.59 Å². The SMILES string of the molecule is CCCC/C(C)=N\NC(=O)C(=O)Nc1ccc(OCC)cc1. The van der Waals surface area contributed by atoms with Gasteiger partial charge in [0.2, 0.25) is 0 Å². The average Bonchev–Trinajstić information content (AvgIpc) is 2.52. The molecule has 1 rings (SSSR count). The molecule has 0 unspecified atom stereocenters. The summed E-state index contributed by atoms with van der Waals surface area (Å²) in [6.07, 6.45) is 2.86. The minimum atomic E-state index is -0.787. The van der Waals surface area contributed by atoms with Crippen molar-refractivity contribution in [2.75, 3.05) is 11.9 Å². The molecule has 0 aliphatic carbocycles. The Labute approximate surface area is 130 Å². The molecule has 0 radical (unpaired) electrons. The van der Waals surface area contributed by atoms with Crippen LogP contribution in [0.3, 0.4) is 0 Å². The Morgan fingerprint density at radius 2 is 1.82 bits per heavy atom. The molecule has 120 valence electrons. The lowest BCUT2D eigenvalue weighted by Crippen LogP contribution is -2.32. The Bertz CT molecular complexity index is 524. The number of hydrogen-bond donors (Lipinski definition) is 2. The third-order valence-electron chi connectivity index (χ3n) is 2.87. The Morgan fingerprint density at radius 1 is 1.14 bits per heavy atom. The molecule has 2 amide bonds. The highest BCUT2D eigenvalue weighted by Crippen LogP contribution is 2.15. The molecule has 0 saturated heterocycles. The zero-order chi connectivity index (χ0) is 16.4. The second-order valence-electron chi connectivity index (χ2n) is 4.80. The van der Waals surface area contributed by atoms with E-state index in [1.807, 2.05) is 13.8 Å². The van der Waals surface area contributed by atoms with E-state index in [-0.39, 0.29) is 0 Å². The van der Waals surface area contributed by atoms with Gasteiger partial charge in [-0.3, -0.25) is 9.59 Å². The van der Waals surface area contributed by atoms with Crippen LogP contribution in [-0.2, 0) is 9.59 Å². The molecule has 0 aliphatic rings. The normalized spacial score (nSPS) is 11.0. The number of benzene rings is 1. The van der Waals surface area contributed by atoms with Crippen LogP contribution < -0.4 is 15.5 Å². The Balaban J connectivity index is 2.48. The summed E-state index contributed by atoms with van der Waals surface area (Å²) >= 11 is 0. The van der Waals surface area contributed by atoms with Crippen LogP contribution in [0.2, 0.25) is 0 Å². The molecule has 0 fully saturated rings. The van der Waals surface area contributed by atoms with Crippen molar-refractivity contribution in [2.24, 2.45) is 5.10 Å². The number of carbonyl (C=O) groups excluding carboxylic acids is 2. The third kappa shape index (κ3) is 6.39. The van der Waals surface area contributed by atoms with Crippen molar-refractivity contribution in [3.63, 3.8) is 0 Å². The number of anilines is 1. The summed E-state index contributed by atoms with van der Waals surface area (Å²) in [6.45, 7) is 6.36. The van der Waals surface area contributed by atoms with Gasteiger partial charge in [-0.15, -0.1) is 0 Å². The Hall–Kier alpha value is -2.37. The van der Waals surface area contributed by atoms with E-state index < -0.39 is 11.8 Å². The van der Waals surface area contributed by atoms with E-state index in [0.717, 1.165) is 25.0 Å². The third-order valence-corrected chi connectivity index (χ3v) is 2.87. The van der Waals surface area contributed by atoms with Gasteiger partial charge in [0.1, 0.15) is 5.75 Å². The van der Waals surface area contributed by atoms with Crippen molar-refractivity contribution in [3.8, 4) is 5.75 Å². The number of unbranched alkanes of at least 4 members (excludes halogenated alkanes) is 1. The summed E-state index contributed by atoms with van der Waals surface area (Å²) in [5.74, 6) is -0.831. The standard InChI is InChI=1S/C16H23N3O3/c1-4-6-7-12(3)18-19-16(21)15(20)17-13-8-10-14(11-9-13)22-5-2/h8-11H,4-7H2,1-3H3,(H,17,20)(H,19,21)/b18-12-. The minimum absolute atomic E-state index is 0.523. The van der Waals surface area contributed by atoms with Crippen molar-refractivity contribution in [2.45, 2.75) is 40.0 Å². The van der Waals surface area contributed by atoms with Crippen LogP contribution in [0.1, 0.15) is 40.0 Å². The second-order valence-corrected chi connectivity index (χ2v) is 4.80. The number of nitrogens with one attached hydrogen (secondary N) is 2. The van der Waals surface area contributed by atoms with Crippen LogP contribution in [0.15, 0.2) is 29.4 Å². The lowest BCUT2D eigenvalue weighted by Gasteiger charge is -2.06. The highest BCUT2D eigenvalue weighted by molar-refractivity contribution is 6.39. The van der Waals surface area contributed by atoms with Crippen molar-refractivity contribution in [1.29, 1.82) is 0 Å². The lowest BCUT2D eigenvalue weighted by atomic mass is 10.2. The van der Waals surface area contributed by atoms with Crippen LogP contribution in [0.5, 0.6) is 5.75 Å². The van der Waals surface area contributed by atoms with Gasteiger partial charge in [-0.1, -0.05) is 13.3 Å². The molecule has 1 aromatic rings. The van der Waals surface area contributed by atoms with E-state index in [1.165, 1.54) is 0 Å². The molecule has 1 aromatic carbocycles. The zero-order valence-electron chi connectivity index (χ0n) is 13.3. The largest absolute Gasteiger partial charge is 0.494 e. The molecule has 6 nitrogen and oxygen atoms in total. The quantitative estimate of drug-likeness (QED) is 0.462. The van der Waals surface area contributed by atoms with E-state index in [0.29, 0.717) is 18.0 Å². The molecule has 0 aliphatic heterocycles. The van der Waals surface area contributed by atoms with Crippen LogP contribution in [-0.4, -0.2) is 24.1 Å². The fourth-order valence-electron chi connectivity index (χ4n) is 1.67. The molecule has 6 heteroatoms. The second kappa shape index (κ2) is 9.55. The molecular formula is C16H23N3O3. The molecule has 0 atom stereocenters. The van der Waals surface area contributed by atoms with Gasteiger partial charge in [-0.05, 0) is 51.0 Å². The van der Waals surface area contributed by atoms with E-state index in [1.54, 1.807) is 24.3 Å². The molecule has 0 bridgehead atoms.